The number of hydrogen-bond acceptors (Lipinski definition) is 3. The van der Waals surface area contributed by atoms with Crippen LogP contribution >= 0.6 is 0 Å². The zero-order valence-corrected chi connectivity index (χ0v) is 10.6. The van der Waals surface area contributed by atoms with Gasteiger partial charge < -0.3 is 5.32 Å². The Morgan fingerprint density at radius 1 is 1.24 bits per heavy atom. The van der Waals surface area contributed by atoms with Crippen molar-refractivity contribution in [2.75, 3.05) is 0 Å². The first-order chi connectivity index (χ1) is 8.15. The summed E-state index contributed by atoms with van der Waals surface area (Å²) in [5.74, 6) is 0.831. The van der Waals surface area contributed by atoms with Crippen LogP contribution in [0.25, 0.3) is 0 Å². The summed E-state index contributed by atoms with van der Waals surface area (Å²) < 4.78 is 1.72. The molecule has 0 unspecified atom stereocenters. The second kappa shape index (κ2) is 5.10. The molecule has 0 saturated carbocycles. The first kappa shape index (κ1) is 11.8. The van der Waals surface area contributed by atoms with Crippen molar-refractivity contribution in [2.45, 2.75) is 26.9 Å². The Morgan fingerprint density at radius 2 is 2.06 bits per heavy atom. The fraction of sp³-hybridized carbons (Fsp3) is 0.385. The molecule has 1 N–H and O–H groups in total. The van der Waals surface area contributed by atoms with Gasteiger partial charge in [-0.25, -0.2) is 4.98 Å². The summed E-state index contributed by atoms with van der Waals surface area (Å²) >= 11 is 0. The lowest BCUT2D eigenvalue weighted by Crippen LogP contribution is -2.14. The third kappa shape index (κ3) is 3.14. The van der Waals surface area contributed by atoms with Gasteiger partial charge in [-0.05, 0) is 25.0 Å². The number of nitrogens with zero attached hydrogens (tertiary/aromatic N) is 3. The van der Waals surface area contributed by atoms with Crippen molar-refractivity contribution in [1.82, 2.24) is 20.1 Å². The molecule has 0 aliphatic rings. The van der Waals surface area contributed by atoms with Crippen LogP contribution in [0.2, 0.25) is 0 Å². The van der Waals surface area contributed by atoms with E-state index in [0.29, 0.717) is 6.54 Å². The average molecular weight is 230 g/mol. The highest BCUT2D eigenvalue weighted by Crippen LogP contribution is 2.10. The van der Waals surface area contributed by atoms with Gasteiger partial charge in [-0.2, -0.15) is 5.10 Å². The van der Waals surface area contributed by atoms with Crippen molar-refractivity contribution < 1.29 is 0 Å². The summed E-state index contributed by atoms with van der Waals surface area (Å²) in [5, 5.41) is 7.57. The SMILES string of the molecule is Cc1ccc(CNCc2ncn(C)n2)c(C)c1. The molecule has 0 aliphatic carbocycles. The van der Waals surface area contributed by atoms with E-state index in [1.54, 1.807) is 11.0 Å². The van der Waals surface area contributed by atoms with E-state index in [0.717, 1.165) is 12.4 Å². The molecule has 90 valence electrons. The first-order valence-electron chi connectivity index (χ1n) is 5.76. The second-order valence-corrected chi connectivity index (χ2v) is 4.37. The molecule has 0 amide bonds. The molecule has 1 aromatic heterocycles. The van der Waals surface area contributed by atoms with Crippen LogP contribution in [0.1, 0.15) is 22.5 Å². The average Bonchev–Trinajstić information content (AvgIpc) is 2.68. The van der Waals surface area contributed by atoms with Gasteiger partial charge in [0.25, 0.3) is 0 Å². The summed E-state index contributed by atoms with van der Waals surface area (Å²) in [4.78, 5) is 4.17. The van der Waals surface area contributed by atoms with Gasteiger partial charge in [0.2, 0.25) is 0 Å². The van der Waals surface area contributed by atoms with E-state index in [1.807, 2.05) is 7.05 Å². The van der Waals surface area contributed by atoms with Gasteiger partial charge in [-0.3, -0.25) is 4.68 Å². The van der Waals surface area contributed by atoms with Gasteiger partial charge in [-0.1, -0.05) is 23.8 Å². The van der Waals surface area contributed by atoms with Crippen molar-refractivity contribution in [3.63, 3.8) is 0 Å². The largest absolute Gasteiger partial charge is 0.306 e. The minimum atomic E-state index is 0.703. The van der Waals surface area contributed by atoms with Crippen LogP contribution in [-0.2, 0) is 20.1 Å². The van der Waals surface area contributed by atoms with E-state index in [-0.39, 0.29) is 0 Å². The van der Waals surface area contributed by atoms with Crippen LogP contribution in [0, 0.1) is 13.8 Å². The monoisotopic (exact) mass is 230 g/mol. The van der Waals surface area contributed by atoms with Crippen molar-refractivity contribution in [3.8, 4) is 0 Å². The maximum atomic E-state index is 4.22. The van der Waals surface area contributed by atoms with Crippen molar-refractivity contribution in [3.05, 3.63) is 47.0 Å². The van der Waals surface area contributed by atoms with E-state index < -0.39 is 0 Å². The molecule has 2 aromatic rings. The maximum Gasteiger partial charge on any atom is 0.164 e. The molecule has 17 heavy (non-hydrogen) atoms. The number of hydrogen-bond donors (Lipinski definition) is 1. The highest BCUT2D eigenvalue weighted by molar-refractivity contribution is 5.30. The molecule has 0 bridgehead atoms. The molecule has 4 heteroatoms. The topological polar surface area (TPSA) is 42.7 Å². The van der Waals surface area contributed by atoms with Crippen LogP contribution < -0.4 is 5.32 Å². The molecule has 0 spiro atoms. The molecule has 0 fully saturated rings. The zero-order valence-electron chi connectivity index (χ0n) is 10.6. The standard InChI is InChI=1S/C13H18N4/c1-10-4-5-12(11(2)6-10)7-14-8-13-15-9-17(3)16-13/h4-6,9,14H,7-8H2,1-3H3. The van der Waals surface area contributed by atoms with E-state index >= 15 is 0 Å². The van der Waals surface area contributed by atoms with Gasteiger partial charge in [0, 0.05) is 13.6 Å². The molecule has 1 aromatic carbocycles. The third-order valence-corrected chi connectivity index (χ3v) is 2.74. The van der Waals surface area contributed by atoms with Crippen molar-refractivity contribution in [1.29, 1.82) is 0 Å². The van der Waals surface area contributed by atoms with Gasteiger partial charge in [0.15, 0.2) is 5.82 Å². The van der Waals surface area contributed by atoms with E-state index in [2.05, 4.69) is 47.4 Å². The Morgan fingerprint density at radius 3 is 2.71 bits per heavy atom. The zero-order chi connectivity index (χ0) is 12.3. The van der Waals surface area contributed by atoms with Crippen LogP contribution in [-0.4, -0.2) is 14.8 Å². The Bertz CT molecular complexity index is 502. The molecule has 0 atom stereocenters. The van der Waals surface area contributed by atoms with E-state index in [9.17, 15) is 0 Å². The van der Waals surface area contributed by atoms with E-state index in [1.165, 1.54) is 16.7 Å². The van der Waals surface area contributed by atoms with Crippen molar-refractivity contribution in [2.24, 2.45) is 7.05 Å². The summed E-state index contributed by atoms with van der Waals surface area (Å²) in [6, 6.07) is 6.52. The number of benzene rings is 1. The maximum absolute atomic E-state index is 4.22. The predicted molar refractivity (Wildman–Crippen MR) is 67.5 cm³/mol. The molecule has 0 radical (unpaired) electrons. The second-order valence-electron chi connectivity index (χ2n) is 4.37. The molecule has 0 saturated heterocycles. The minimum Gasteiger partial charge on any atom is -0.306 e. The molecular weight excluding hydrogens is 212 g/mol. The van der Waals surface area contributed by atoms with Crippen LogP contribution in [0.4, 0.5) is 0 Å². The minimum absolute atomic E-state index is 0.703. The molecule has 4 nitrogen and oxygen atoms in total. The summed E-state index contributed by atoms with van der Waals surface area (Å²) in [6.07, 6.45) is 1.72. The van der Waals surface area contributed by atoms with E-state index in [4.69, 9.17) is 0 Å². The third-order valence-electron chi connectivity index (χ3n) is 2.74. The van der Waals surface area contributed by atoms with Gasteiger partial charge >= 0.3 is 0 Å². The number of nitrogens with one attached hydrogen (secondary N) is 1. The number of aryl methyl sites for hydroxylation is 3. The van der Waals surface area contributed by atoms with Crippen molar-refractivity contribution >= 4 is 0 Å². The highest BCUT2D eigenvalue weighted by atomic mass is 15.3. The highest BCUT2D eigenvalue weighted by Gasteiger charge is 2.00. The predicted octanol–water partition coefficient (Wildman–Crippen LogP) is 1.72. The quantitative estimate of drug-likeness (QED) is 0.869. The number of aromatic nitrogens is 3. The Kier molecular flexibility index (Phi) is 3.54. The molecular formula is C13H18N4. The Hall–Kier alpha value is -1.68. The smallest absolute Gasteiger partial charge is 0.164 e. The summed E-state index contributed by atoms with van der Waals surface area (Å²) in [6.45, 7) is 5.81. The molecule has 2 rings (SSSR count). The summed E-state index contributed by atoms with van der Waals surface area (Å²) in [5.41, 5.74) is 3.95. The summed E-state index contributed by atoms with van der Waals surface area (Å²) in [7, 11) is 1.88. The van der Waals surface area contributed by atoms with Gasteiger partial charge in [0.1, 0.15) is 6.33 Å². The van der Waals surface area contributed by atoms with Gasteiger partial charge in [0.05, 0.1) is 6.54 Å². The van der Waals surface area contributed by atoms with Crippen LogP contribution in [0.3, 0.4) is 0 Å². The fourth-order valence-electron chi connectivity index (χ4n) is 1.82. The molecule has 1 heterocycles. The van der Waals surface area contributed by atoms with Crippen LogP contribution in [0.15, 0.2) is 24.5 Å². The number of rotatable bonds is 4. The molecule has 0 aliphatic heterocycles. The van der Waals surface area contributed by atoms with Gasteiger partial charge in [-0.15, -0.1) is 0 Å². The first-order valence-corrected chi connectivity index (χ1v) is 5.76. The Balaban J connectivity index is 1.90. The lowest BCUT2D eigenvalue weighted by atomic mass is 10.1. The normalized spacial score (nSPS) is 10.8. The van der Waals surface area contributed by atoms with Crippen LogP contribution in [0.5, 0.6) is 0 Å². The lowest BCUT2D eigenvalue weighted by molar-refractivity contribution is 0.647. The fourth-order valence-corrected chi connectivity index (χ4v) is 1.82. The Labute approximate surface area is 102 Å². The lowest BCUT2D eigenvalue weighted by Gasteiger charge is -2.07.